The lowest BCUT2D eigenvalue weighted by Crippen LogP contribution is -2.61. The van der Waals surface area contributed by atoms with E-state index in [1.54, 1.807) is 36.4 Å². The molecule has 3 aromatic carbocycles. The zero-order valence-corrected chi connectivity index (χ0v) is 62.8. The molecule has 1 aliphatic rings. The largest absolute Gasteiger partial charge is 0.394 e. The van der Waals surface area contributed by atoms with Crippen LogP contribution in [0.1, 0.15) is 128 Å². The van der Waals surface area contributed by atoms with Crippen LogP contribution in [0.5, 0.6) is 0 Å². The van der Waals surface area contributed by atoms with E-state index in [1.807, 2.05) is 70.2 Å². The average Bonchev–Trinajstić information content (AvgIpc) is 1.82. The fourth-order valence-electron chi connectivity index (χ4n) is 12.4. The first-order valence-corrected chi connectivity index (χ1v) is 37.1. The number of anilines is 4. The van der Waals surface area contributed by atoms with Gasteiger partial charge >= 0.3 is 0 Å². The molecule has 0 aliphatic carbocycles. The number of aliphatic hydroxyl groups is 1. The minimum absolute atomic E-state index is 0.0380. The number of aromatic nitrogens is 7. The van der Waals surface area contributed by atoms with Gasteiger partial charge in [-0.1, -0.05) is 100.0 Å². The molecule has 36 heteroatoms. The summed E-state index contributed by atoms with van der Waals surface area (Å²) in [6.45, 7) is 8.79. The molecular weight excluding hydrogens is 1430 g/mol. The van der Waals surface area contributed by atoms with Crippen molar-refractivity contribution >= 4 is 111 Å². The van der Waals surface area contributed by atoms with Crippen LogP contribution >= 0.6 is 11.6 Å². The number of amides is 11. The van der Waals surface area contributed by atoms with Gasteiger partial charge in [0.15, 0.2) is 0 Å². The number of carbonyl (C=O) groups excluding carboxylic acids is 11. The molecule has 9 atom stereocenters. The number of pyridine rings is 1. The molecule has 0 unspecified atom stereocenters. The number of primary amides is 1. The second-order valence-corrected chi connectivity index (χ2v) is 28.1. The SMILES string of the molecule is CC(=O)N[C@H](Cc1ccc2ccccc2c1)C(=O)N[C@@H](Cc1ccc(Cl)cc1)C(=O)N[C@H](Cc1cccnc1)C(=O)N[C@@H](CO)C(=O)N[C@@H](CCCCNc1n[nH]c(N)n1)C(=O)N[C@@H](CCCCNc1n[nH]c(N)n1)C(=O)N[C@@H](CC(C)C)C(=O)N[C@@H](CCCCNC(C)C)C(=O)N1CCC[C@@H]1C(=O)NCC(N)=O. The number of nitrogen functional groups attached to an aromatic ring is 2. The fraction of sp³-hybridized carbons (Fsp3) is 0.507. The Labute approximate surface area is 637 Å². The first kappa shape index (κ1) is 85.2. The molecule has 0 bridgehead atoms. The van der Waals surface area contributed by atoms with Gasteiger partial charge in [0.2, 0.25) is 88.8 Å². The number of nitrogens with zero attached hydrogens (tertiary/aromatic N) is 6. The number of unbranched alkanes of at least 4 members (excludes halogenated alkanes) is 3. The van der Waals surface area contributed by atoms with E-state index < -0.39 is 133 Å². The van der Waals surface area contributed by atoms with Crippen molar-refractivity contribution in [3.63, 3.8) is 0 Å². The first-order valence-electron chi connectivity index (χ1n) is 36.8. The molecule has 1 aliphatic heterocycles. The third-order valence-corrected chi connectivity index (χ3v) is 18.2. The van der Waals surface area contributed by atoms with E-state index in [0.717, 1.165) is 10.8 Å². The Kier molecular flexibility index (Phi) is 34.1. The maximum Gasteiger partial charge on any atom is 0.245 e. The summed E-state index contributed by atoms with van der Waals surface area (Å²) < 4.78 is 0. The van der Waals surface area contributed by atoms with Crippen molar-refractivity contribution in [3.8, 4) is 0 Å². The Morgan fingerprint density at radius 1 is 0.560 bits per heavy atom. The van der Waals surface area contributed by atoms with Crippen molar-refractivity contribution in [1.29, 1.82) is 0 Å². The van der Waals surface area contributed by atoms with E-state index in [2.05, 4.69) is 99.1 Å². The number of aliphatic hydroxyl groups excluding tert-OH is 1. The van der Waals surface area contributed by atoms with Gasteiger partial charge < -0.3 is 91.0 Å². The number of nitrogens with two attached hydrogens (primary N) is 3. The lowest BCUT2D eigenvalue weighted by atomic mass is 9.99. The molecule has 35 nitrogen and oxygen atoms in total. The van der Waals surface area contributed by atoms with Gasteiger partial charge in [-0.3, -0.25) is 57.7 Å². The summed E-state index contributed by atoms with van der Waals surface area (Å²) in [5, 5.41) is 60.2. The molecule has 11 amide bonds. The summed E-state index contributed by atoms with van der Waals surface area (Å²) in [5.41, 5.74) is 18.5. The number of likely N-dealkylation sites (tertiary alicyclic amines) is 1. The summed E-state index contributed by atoms with van der Waals surface area (Å²) in [5.74, 6) is -8.08. The third-order valence-electron chi connectivity index (χ3n) is 17.9. The van der Waals surface area contributed by atoms with Crippen LogP contribution in [0.15, 0.2) is 91.3 Å². The first-order chi connectivity index (χ1) is 52.2. The number of fused-ring (bicyclic) bond motifs is 1. The lowest BCUT2D eigenvalue weighted by Gasteiger charge is -2.31. The smallest absolute Gasteiger partial charge is 0.245 e. The molecule has 7 rings (SSSR count). The highest BCUT2D eigenvalue weighted by molar-refractivity contribution is 6.30. The lowest BCUT2D eigenvalue weighted by molar-refractivity contribution is -0.142. The van der Waals surface area contributed by atoms with Gasteiger partial charge in [-0.2, -0.15) is 9.97 Å². The predicted molar refractivity (Wildman–Crippen MR) is 409 cm³/mol. The molecule has 4 heterocycles. The summed E-state index contributed by atoms with van der Waals surface area (Å²) >= 11 is 6.26. The maximum atomic E-state index is 15.1. The standard InChI is InChI=1S/C73H104ClN23O12/c1-42(2)34-54(63(103)86-53(21-10-11-30-79-43(3)4)69(109)97-33-15-22-59(97)68(108)82-40-60(75)100)87-62(102)52(20-9-13-32-81-73-92-71(77)94-96-73)84-61(101)51(19-8-12-31-80-72-91-70(76)93-95-72)85-67(107)58(41-98)90-66(106)57(38-47-16-14-29-78-39-47)89-65(105)56(36-45-24-27-50(74)28-25-45)88-64(104)55(83-44(5)99)37-46-23-26-48-17-6-7-18-49(48)35-46/h6-7,14,16-18,23-29,35,39,42-43,51-59,79,98H,8-13,15,19-22,30-34,36-38,40-41H2,1-5H3,(H2,75,100)(H,82,108)(H,83,99)(H,84,101)(H,85,107)(H,86,103)(H,87,102)(H,88,104)(H,89,105)(H,90,106)(H4,76,80,91,93,95)(H4,77,81,92,94,96)/t51-,52-,53-,54-,55+,56-,57+,58-,59+/m0/s1. The van der Waals surface area contributed by atoms with Crippen LogP contribution in [0.25, 0.3) is 10.8 Å². The molecule has 3 aromatic heterocycles. The highest BCUT2D eigenvalue weighted by Crippen LogP contribution is 2.22. The maximum absolute atomic E-state index is 15.1. The summed E-state index contributed by atoms with van der Waals surface area (Å²) in [4.78, 5) is 170. The van der Waals surface area contributed by atoms with E-state index in [9.17, 15) is 48.3 Å². The second kappa shape index (κ2) is 43.7. The summed E-state index contributed by atoms with van der Waals surface area (Å²) in [6, 6.07) is 11.0. The molecule has 1 fully saturated rings. The quantitative estimate of drug-likeness (QED) is 0.0232. The molecule has 6 aromatic rings. The third kappa shape index (κ3) is 28.9. The van der Waals surface area contributed by atoms with Crippen molar-refractivity contribution in [3.05, 3.63) is 113 Å². The van der Waals surface area contributed by atoms with Crippen molar-refractivity contribution < 1.29 is 57.8 Å². The fourth-order valence-corrected chi connectivity index (χ4v) is 12.5. The van der Waals surface area contributed by atoms with Crippen molar-refractivity contribution in [1.82, 2.24) is 93.4 Å². The van der Waals surface area contributed by atoms with Gasteiger partial charge in [0.25, 0.3) is 0 Å². The molecule has 109 heavy (non-hydrogen) atoms. The monoisotopic (exact) mass is 1530 g/mol. The molecule has 0 radical (unpaired) electrons. The minimum atomic E-state index is -1.80. The van der Waals surface area contributed by atoms with Crippen LogP contribution in [0.2, 0.25) is 5.02 Å². The number of rotatable bonds is 46. The van der Waals surface area contributed by atoms with Crippen LogP contribution in [0, 0.1) is 5.92 Å². The van der Waals surface area contributed by atoms with Crippen LogP contribution in [0.4, 0.5) is 23.8 Å². The van der Waals surface area contributed by atoms with Gasteiger partial charge in [0, 0.05) is 69.3 Å². The number of carbonyl (C=O) groups is 11. The van der Waals surface area contributed by atoms with Crippen molar-refractivity contribution in [2.24, 2.45) is 11.7 Å². The number of hydrogen-bond donors (Lipinski definition) is 18. The number of aromatic amines is 2. The molecule has 1 saturated heterocycles. The molecule has 0 saturated carbocycles. The number of nitrogens with one attached hydrogen (secondary N) is 14. The van der Waals surface area contributed by atoms with Crippen LogP contribution in [-0.4, -0.2) is 210 Å². The molecule has 0 spiro atoms. The average molecular weight is 1530 g/mol. The number of halogens is 1. The number of hydrogen-bond acceptors (Lipinski definition) is 22. The zero-order valence-electron chi connectivity index (χ0n) is 62.1. The number of benzene rings is 3. The Morgan fingerprint density at radius 2 is 1.05 bits per heavy atom. The van der Waals surface area contributed by atoms with E-state index in [1.165, 1.54) is 24.2 Å². The molecule has 590 valence electrons. The van der Waals surface area contributed by atoms with Gasteiger partial charge in [-0.25, -0.2) is 10.2 Å². The van der Waals surface area contributed by atoms with Crippen LogP contribution in [-0.2, 0) is 72.0 Å². The normalized spacial score (nSPS) is 14.9. The van der Waals surface area contributed by atoms with E-state index >= 15 is 9.59 Å². The Bertz CT molecular complexity index is 4000. The Morgan fingerprint density at radius 3 is 1.58 bits per heavy atom. The number of H-pyrrole nitrogens is 2. The molecular formula is C73H104ClN23O12. The Hall–Kier alpha value is -11.1. The zero-order chi connectivity index (χ0) is 78.9. The highest BCUT2D eigenvalue weighted by atomic mass is 35.5. The van der Waals surface area contributed by atoms with Crippen molar-refractivity contribution in [2.75, 3.05) is 61.4 Å². The highest BCUT2D eigenvalue weighted by Gasteiger charge is 2.40. The topological polar surface area (TPSA) is 530 Å². The predicted octanol–water partition coefficient (Wildman–Crippen LogP) is 0.579. The second-order valence-electron chi connectivity index (χ2n) is 27.7. The summed E-state index contributed by atoms with van der Waals surface area (Å²) in [7, 11) is 0. The minimum Gasteiger partial charge on any atom is -0.394 e. The van der Waals surface area contributed by atoms with Gasteiger partial charge in [0.1, 0.15) is 54.4 Å². The van der Waals surface area contributed by atoms with Gasteiger partial charge in [-0.15, -0.1) is 10.2 Å². The van der Waals surface area contributed by atoms with Crippen LogP contribution < -0.4 is 81.0 Å². The van der Waals surface area contributed by atoms with Gasteiger partial charge in [0.05, 0.1) is 13.2 Å². The Balaban J connectivity index is 1.13. The molecule has 21 N–H and O–H groups in total. The van der Waals surface area contributed by atoms with Crippen LogP contribution in [0.3, 0.4) is 0 Å². The van der Waals surface area contributed by atoms with E-state index in [0.29, 0.717) is 66.8 Å². The van der Waals surface area contributed by atoms with E-state index in [-0.39, 0.29) is 113 Å². The summed E-state index contributed by atoms with van der Waals surface area (Å²) in [6.07, 6.45) is 5.80. The van der Waals surface area contributed by atoms with E-state index in [4.69, 9.17) is 28.8 Å². The van der Waals surface area contributed by atoms with Gasteiger partial charge in [-0.05, 0) is 135 Å². The van der Waals surface area contributed by atoms with Crippen molar-refractivity contribution in [2.45, 2.75) is 191 Å².